The Bertz CT molecular complexity index is 1040. The summed E-state index contributed by atoms with van der Waals surface area (Å²) in [7, 11) is 3.13. The molecule has 0 atom stereocenters. The zero-order chi connectivity index (χ0) is 24.0. The topological polar surface area (TPSA) is 83.9 Å². The van der Waals surface area contributed by atoms with Gasteiger partial charge in [-0.25, -0.2) is 0 Å². The normalized spacial score (nSPS) is 14.4. The Labute approximate surface area is 195 Å². The molecule has 1 aromatic carbocycles. The summed E-state index contributed by atoms with van der Waals surface area (Å²) >= 11 is 0. The molecule has 0 aliphatic carbocycles. The van der Waals surface area contributed by atoms with Gasteiger partial charge < -0.3 is 19.5 Å². The summed E-state index contributed by atoms with van der Waals surface area (Å²) in [5.74, 6) is 0.497. The van der Waals surface area contributed by atoms with Crippen LogP contribution in [0.5, 0.6) is 5.75 Å². The largest absolute Gasteiger partial charge is 0.497 e. The zero-order valence-electron chi connectivity index (χ0n) is 20.0. The third-order valence-corrected chi connectivity index (χ3v) is 5.95. The van der Waals surface area contributed by atoms with Crippen molar-refractivity contribution in [2.45, 2.75) is 33.4 Å². The average molecular weight is 455 g/mol. The van der Waals surface area contributed by atoms with Crippen molar-refractivity contribution in [1.82, 2.24) is 19.7 Å². The highest BCUT2D eigenvalue weighted by molar-refractivity contribution is 5.99. The average Bonchev–Trinajstić information content (AvgIpc) is 2.83. The van der Waals surface area contributed by atoms with Gasteiger partial charge in [0.05, 0.1) is 7.11 Å². The van der Waals surface area contributed by atoms with E-state index in [0.29, 0.717) is 38.6 Å². The van der Waals surface area contributed by atoms with Crippen LogP contribution in [-0.4, -0.2) is 66.5 Å². The lowest BCUT2D eigenvalue weighted by Gasteiger charge is -2.34. The number of carbonyl (C=O) groups excluding carboxylic acids is 2. The number of nitrogens with one attached hydrogen (secondary N) is 1. The van der Waals surface area contributed by atoms with Gasteiger partial charge in [0.2, 0.25) is 5.43 Å². The fourth-order valence-electron chi connectivity index (χ4n) is 3.92. The predicted octanol–water partition coefficient (Wildman–Crippen LogP) is 2.22. The van der Waals surface area contributed by atoms with E-state index < -0.39 is 11.3 Å². The first-order chi connectivity index (χ1) is 15.8. The SMILES string of the molecule is CNC(=O)c1cn(CCC(C)C)cc(C(=O)N2CCN(Cc3cccc(OC)c3)CC2)c1=O. The highest BCUT2D eigenvalue weighted by atomic mass is 16.5. The Hall–Kier alpha value is -3.13. The number of rotatable bonds is 8. The maximum Gasteiger partial charge on any atom is 0.259 e. The van der Waals surface area contributed by atoms with Crippen molar-refractivity contribution in [3.63, 3.8) is 0 Å². The van der Waals surface area contributed by atoms with Gasteiger partial charge in [-0.1, -0.05) is 26.0 Å². The summed E-state index contributed by atoms with van der Waals surface area (Å²) in [4.78, 5) is 42.5. The Morgan fingerprint density at radius 2 is 1.79 bits per heavy atom. The number of benzene rings is 1. The molecule has 3 rings (SSSR count). The number of aromatic nitrogens is 1. The Balaban J connectivity index is 1.73. The molecule has 1 aromatic heterocycles. The van der Waals surface area contributed by atoms with Gasteiger partial charge >= 0.3 is 0 Å². The van der Waals surface area contributed by atoms with Crippen molar-refractivity contribution in [2.24, 2.45) is 5.92 Å². The summed E-state index contributed by atoms with van der Waals surface area (Å²) in [6, 6.07) is 7.96. The lowest BCUT2D eigenvalue weighted by atomic mass is 10.1. The molecule has 1 N–H and O–H groups in total. The molecule has 0 unspecified atom stereocenters. The highest BCUT2D eigenvalue weighted by Gasteiger charge is 2.26. The molecule has 2 heterocycles. The third-order valence-electron chi connectivity index (χ3n) is 5.95. The number of aryl methyl sites for hydroxylation is 1. The molecule has 0 saturated carbocycles. The van der Waals surface area contributed by atoms with Crippen LogP contribution < -0.4 is 15.5 Å². The van der Waals surface area contributed by atoms with Crippen molar-refractivity contribution in [2.75, 3.05) is 40.3 Å². The summed E-state index contributed by atoms with van der Waals surface area (Å²) in [6.07, 6.45) is 4.03. The van der Waals surface area contributed by atoms with Gasteiger partial charge in [-0.05, 0) is 30.0 Å². The summed E-state index contributed by atoms with van der Waals surface area (Å²) in [6.45, 7) is 8.10. The zero-order valence-corrected chi connectivity index (χ0v) is 20.0. The first-order valence-corrected chi connectivity index (χ1v) is 11.4. The minimum absolute atomic E-state index is 0.00349. The van der Waals surface area contributed by atoms with Crippen molar-refractivity contribution in [3.05, 3.63) is 63.6 Å². The highest BCUT2D eigenvalue weighted by Crippen LogP contribution is 2.16. The summed E-state index contributed by atoms with van der Waals surface area (Å²) in [5, 5.41) is 2.50. The van der Waals surface area contributed by atoms with Gasteiger partial charge in [0.25, 0.3) is 11.8 Å². The summed E-state index contributed by atoms with van der Waals surface area (Å²) < 4.78 is 7.09. The van der Waals surface area contributed by atoms with E-state index in [1.807, 2.05) is 18.2 Å². The molecule has 1 fully saturated rings. The van der Waals surface area contributed by atoms with E-state index in [-0.39, 0.29) is 17.0 Å². The van der Waals surface area contributed by atoms with Crippen LogP contribution in [0.15, 0.2) is 41.5 Å². The third kappa shape index (κ3) is 6.22. The van der Waals surface area contributed by atoms with Crippen LogP contribution in [0, 0.1) is 5.92 Å². The Morgan fingerprint density at radius 1 is 1.09 bits per heavy atom. The smallest absolute Gasteiger partial charge is 0.259 e. The summed E-state index contributed by atoms with van der Waals surface area (Å²) in [5.41, 5.74) is 0.698. The molecular formula is C25H34N4O4. The molecular weight excluding hydrogens is 420 g/mol. The Kier molecular flexibility index (Phi) is 8.27. The standard InChI is InChI=1S/C25H34N4O4/c1-18(2)8-9-28-16-21(24(31)26-3)23(30)22(17-28)25(32)29-12-10-27(11-13-29)15-19-6-5-7-20(14-19)33-4/h5-7,14,16-18H,8-13,15H2,1-4H3,(H,26,31). The number of ether oxygens (including phenoxy) is 1. The van der Waals surface area contributed by atoms with E-state index in [0.717, 1.165) is 24.3 Å². The molecule has 1 aliphatic rings. The quantitative estimate of drug-likeness (QED) is 0.661. The van der Waals surface area contributed by atoms with Crippen molar-refractivity contribution < 1.29 is 14.3 Å². The Morgan fingerprint density at radius 3 is 2.42 bits per heavy atom. The molecule has 1 aliphatic heterocycles. The minimum atomic E-state index is -0.515. The van der Waals surface area contributed by atoms with Crippen molar-refractivity contribution in [3.8, 4) is 5.75 Å². The van der Waals surface area contributed by atoms with Gasteiger partial charge in [-0.2, -0.15) is 0 Å². The van der Waals surface area contributed by atoms with Crippen LogP contribution in [0.25, 0.3) is 0 Å². The second-order valence-electron chi connectivity index (χ2n) is 8.83. The van der Waals surface area contributed by atoms with E-state index in [9.17, 15) is 14.4 Å². The lowest BCUT2D eigenvalue weighted by molar-refractivity contribution is 0.0626. The number of amides is 2. The number of pyridine rings is 1. The van der Waals surface area contributed by atoms with Crippen LogP contribution in [0.1, 0.15) is 46.5 Å². The van der Waals surface area contributed by atoms with Gasteiger partial charge in [-0.15, -0.1) is 0 Å². The first-order valence-electron chi connectivity index (χ1n) is 11.4. The molecule has 8 heteroatoms. The van der Waals surface area contributed by atoms with Crippen LogP contribution in [0.4, 0.5) is 0 Å². The number of piperazine rings is 1. The predicted molar refractivity (Wildman–Crippen MR) is 128 cm³/mol. The second kappa shape index (κ2) is 11.1. The molecule has 178 valence electrons. The number of hydrogen-bond donors (Lipinski definition) is 1. The maximum atomic E-state index is 13.3. The fraction of sp³-hybridized carbons (Fsp3) is 0.480. The molecule has 0 bridgehead atoms. The maximum absolute atomic E-state index is 13.3. The minimum Gasteiger partial charge on any atom is -0.497 e. The van der Waals surface area contributed by atoms with E-state index in [2.05, 4.69) is 30.1 Å². The molecule has 8 nitrogen and oxygen atoms in total. The van der Waals surface area contributed by atoms with Crippen LogP contribution >= 0.6 is 0 Å². The molecule has 0 spiro atoms. The van der Waals surface area contributed by atoms with Gasteiger partial charge in [0.1, 0.15) is 16.9 Å². The van der Waals surface area contributed by atoms with E-state index in [1.54, 1.807) is 29.0 Å². The molecule has 1 saturated heterocycles. The van der Waals surface area contributed by atoms with Crippen LogP contribution in [0.3, 0.4) is 0 Å². The second-order valence-corrected chi connectivity index (χ2v) is 8.83. The van der Waals surface area contributed by atoms with Crippen molar-refractivity contribution in [1.29, 1.82) is 0 Å². The first kappa shape index (κ1) is 24.5. The molecule has 0 radical (unpaired) electrons. The fourth-order valence-corrected chi connectivity index (χ4v) is 3.92. The van der Waals surface area contributed by atoms with Crippen molar-refractivity contribution >= 4 is 11.8 Å². The van der Waals surface area contributed by atoms with Gasteiger partial charge in [-0.3, -0.25) is 19.3 Å². The van der Waals surface area contributed by atoms with E-state index in [1.165, 1.54) is 7.05 Å². The monoisotopic (exact) mass is 454 g/mol. The molecule has 2 amide bonds. The number of carbonyl (C=O) groups is 2. The number of hydrogen-bond acceptors (Lipinski definition) is 5. The number of methoxy groups -OCH3 is 1. The van der Waals surface area contributed by atoms with E-state index in [4.69, 9.17) is 4.74 Å². The van der Waals surface area contributed by atoms with Crippen LogP contribution in [-0.2, 0) is 13.1 Å². The number of nitrogens with zero attached hydrogens (tertiary/aromatic N) is 3. The van der Waals surface area contributed by atoms with Gasteiger partial charge in [0, 0.05) is 58.7 Å². The molecule has 2 aromatic rings. The van der Waals surface area contributed by atoms with E-state index >= 15 is 0 Å². The lowest BCUT2D eigenvalue weighted by Crippen LogP contribution is -2.49. The molecule has 33 heavy (non-hydrogen) atoms. The van der Waals surface area contributed by atoms with Crippen LogP contribution in [0.2, 0.25) is 0 Å². The van der Waals surface area contributed by atoms with Gasteiger partial charge in [0.15, 0.2) is 0 Å².